The molecule has 96 valence electrons. The van der Waals surface area contributed by atoms with Gasteiger partial charge in [0.2, 0.25) is 0 Å². The first-order valence-electron chi connectivity index (χ1n) is 5.88. The number of likely N-dealkylation sites (N-methyl/N-ethyl adjacent to an activating group) is 1. The molecule has 0 saturated heterocycles. The minimum absolute atomic E-state index is 0.676. The highest BCUT2D eigenvalue weighted by molar-refractivity contribution is 6.32. The number of rotatable bonds is 7. The molecule has 0 aliphatic carbocycles. The molecule has 0 saturated carbocycles. The molecule has 17 heavy (non-hydrogen) atoms. The van der Waals surface area contributed by atoms with Crippen molar-refractivity contribution in [2.45, 2.75) is 12.8 Å². The van der Waals surface area contributed by atoms with Gasteiger partial charge < -0.3 is 15.4 Å². The molecular formula is C13H21ClN2O. The van der Waals surface area contributed by atoms with Gasteiger partial charge in [-0.25, -0.2) is 0 Å². The summed E-state index contributed by atoms with van der Waals surface area (Å²) in [6.07, 6.45) is 2.03. The van der Waals surface area contributed by atoms with Crippen LogP contribution in [-0.4, -0.2) is 38.7 Å². The molecule has 0 heterocycles. The van der Waals surface area contributed by atoms with E-state index < -0.39 is 0 Å². The van der Waals surface area contributed by atoms with Gasteiger partial charge >= 0.3 is 0 Å². The Bertz CT molecular complexity index is 344. The SMILES string of the molecule is COc1ccc(CCN(C)CCCN)cc1Cl. The molecule has 0 amide bonds. The smallest absolute Gasteiger partial charge is 0.137 e. The topological polar surface area (TPSA) is 38.5 Å². The van der Waals surface area contributed by atoms with Crippen molar-refractivity contribution in [1.82, 2.24) is 4.90 Å². The van der Waals surface area contributed by atoms with E-state index in [2.05, 4.69) is 18.0 Å². The summed E-state index contributed by atoms with van der Waals surface area (Å²) in [6, 6.07) is 5.94. The van der Waals surface area contributed by atoms with Gasteiger partial charge in [0.25, 0.3) is 0 Å². The van der Waals surface area contributed by atoms with Gasteiger partial charge in [0, 0.05) is 6.54 Å². The lowest BCUT2D eigenvalue weighted by molar-refractivity contribution is 0.335. The van der Waals surface area contributed by atoms with Crippen LogP contribution in [0.25, 0.3) is 0 Å². The average molecular weight is 257 g/mol. The Morgan fingerprint density at radius 1 is 1.35 bits per heavy atom. The normalized spacial score (nSPS) is 10.9. The van der Waals surface area contributed by atoms with Gasteiger partial charge in [-0.15, -0.1) is 0 Å². The first kappa shape index (κ1) is 14.3. The molecule has 0 fully saturated rings. The fourth-order valence-electron chi connectivity index (χ4n) is 1.66. The van der Waals surface area contributed by atoms with Crippen LogP contribution in [0.4, 0.5) is 0 Å². The van der Waals surface area contributed by atoms with Crippen molar-refractivity contribution in [2.75, 3.05) is 33.8 Å². The van der Waals surface area contributed by atoms with Gasteiger partial charge in [-0.2, -0.15) is 0 Å². The molecule has 1 rings (SSSR count). The van der Waals surface area contributed by atoms with Crippen molar-refractivity contribution < 1.29 is 4.74 Å². The lowest BCUT2D eigenvalue weighted by Crippen LogP contribution is -2.24. The molecule has 2 N–H and O–H groups in total. The summed E-state index contributed by atoms with van der Waals surface area (Å²) >= 11 is 6.07. The van der Waals surface area contributed by atoms with Gasteiger partial charge in [-0.3, -0.25) is 0 Å². The second-order valence-electron chi connectivity index (χ2n) is 4.16. The van der Waals surface area contributed by atoms with Crippen molar-refractivity contribution in [2.24, 2.45) is 5.73 Å². The van der Waals surface area contributed by atoms with E-state index in [9.17, 15) is 0 Å². The Hall–Kier alpha value is -0.770. The van der Waals surface area contributed by atoms with Crippen LogP contribution in [0.15, 0.2) is 18.2 Å². The highest BCUT2D eigenvalue weighted by Crippen LogP contribution is 2.25. The second kappa shape index (κ2) is 7.54. The Labute approximate surface area is 109 Å². The maximum atomic E-state index is 6.07. The van der Waals surface area contributed by atoms with Gasteiger partial charge in [-0.05, 0) is 50.7 Å². The number of hydrogen-bond acceptors (Lipinski definition) is 3. The molecule has 0 spiro atoms. The number of nitrogens with two attached hydrogens (primary N) is 1. The molecule has 0 atom stereocenters. The van der Waals surface area contributed by atoms with Gasteiger partial charge in [0.1, 0.15) is 5.75 Å². The first-order chi connectivity index (χ1) is 8.17. The molecule has 0 bridgehead atoms. The van der Waals surface area contributed by atoms with E-state index in [1.807, 2.05) is 12.1 Å². The molecule has 3 nitrogen and oxygen atoms in total. The zero-order chi connectivity index (χ0) is 12.7. The Balaban J connectivity index is 2.44. The van der Waals surface area contributed by atoms with Crippen molar-refractivity contribution >= 4 is 11.6 Å². The molecule has 0 radical (unpaired) electrons. The molecule has 1 aromatic carbocycles. The standard InChI is InChI=1S/C13H21ClN2O/c1-16(8-3-7-15)9-6-11-4-5-13(17-2)12(14)10-11/h4-5,10H,3,6-9,15H2,1-2H3. The van der Waals surface area contributed by atoms with E-state index >= 15 is 0 Å². The molecule has 0 unspecified atom stereocenters. The number of methoxy groups -OCH3 is 1. The van der Waals surface area contributed by atoms with Crippen LogP contribution in [0.2, 0.25) is 5.02 Å². The quantitative estimate of drug-likeness (QED) is 0.813. The minimum atomic E-state index is 0.676. The van der Waals surface area contributed by atoms with E-state index in [4.69, 9.17) is 22.1 Å². The van der Waals surface area contributed by atoms with Crippen molar-refractivity contribution in [3.63, 3.8) is 0 Å². The van der Waals surface area contributed by atoms with E-state index in [-0.39, 0.29) is 0 Å². The first-order valence-corrected chi connectivity index (χ1v) is 6.26. The van der Waals surface area contributed by atoms with E-state index in [0.29, 0.717) is 5.02 Å². The molecular weight excluding hydrogens is 236 g/mol. The maximum Gasteiger partial charge on any atom is 0.137 e. The summed E-state index contributed by atoms with van der Waals surface area (Å²) < 4.78 is 5.12. The monoisotopic (exact) mass is 256 g/mol. The zero-order valence-corrected chi connectivity index (χ0v) is 11.3. The number of halogens is 1. The second-order valence-corrected chi connectivity index (χ2v) is 4.57. The predicted molar refractivity (Wildman–Crippen MR) is 72.9 cm³/mol. The highest BCUT2D eigenvalue weighted by Gasteiger charge is 2.03. The van der Waals surface area contributed by atoms with E-state index in [0.717, 1.165) is 38.2 Å². The largest absolute Gasteiger partial charge is 0.495 e. The number of ether oxygens (including phenoxy) is 1. The third kappa shape index (κ3) is 4.94. The summed E-state index contributed by atoms with van der Waals surface area (Å²) in [6.45, 7) is 2.81. The highest BCUT2D eigenvalue weighted by atomic mass is 35.5. The Morgan fingerprint density at radius 3 is 2.71 bits per heavy atom. The van der Waals surface area contributed by atoms with Crippen LogP contribution < -0.4 is 10.5 Å². The van der Waals surface area contributed by atoms with Crippen molar-refractivity contribution in [3.05, 3.63) is 28.8 Å². The van der Waals surface area contributed by atoms with Gasteiger partial charge in [0.15, 0.2) is 0 Å². The summed E-state index contributed by atoms with van der Waals surface area (Å²) in [5.41, 5.74) is 6.71. The Morgan fingerprint density at radius 2 is 2.12 bits per heavy atom. The molecule has 0 aliphatic heterocycles. The molecule has 0 aliphatic rings. The third-order valence-electron chi connectivity index (χ3n) is 2.74. The van der Waals surface area contributed by atoms with Gasteiger partial charge in [0.05, 0.1) is 12.1 Å². The predicted octanol–water partition coefficient (Wildman–Crippen LogP) is 2.17. The third-order valence-corrected chi connectivity index (χ3v) is 3.04. The molecule has 0 aromatic heterocycles. The summed E-state index contributed by atoms with van der Waals surface area (Å²) in [5.74, 6) is 0.729. The van der Waals surface area contributed by atoms with E-state index in [1.54, 1.807) is 7.11 Å². The summed E-state index contributed by atoms with van der Waals surface area (Å²) in [4.78, 5) is 2.28. The molecule has 4 heteroatoms. The summed E-state index contributed by atoms with van der Waals surface area (Å²) in [5, 5.41) is 0.676. The molecule has 1 aromatic rings. The number of nitrogens with zero attached hydrogens (tertiary/aromatic N) is 1. The Kier molecular flexibility index (Phi) is 6.34. The zero-order valence-electron chi connectivity index (χ0n) is 10.6. The number of hydrogen-bond donors (Lipinski definition) is 1. The van der Waals surface area contributed by atoms with Gasteiger partial charge in [-0.1, -0.05) is 17.7 Å². The lowest BCUT2D eigenvalue weighted by atomic mass is 10.1. The lowest BCUT2D eigenvalue weighted by Gasteiger charge is -2.16. The maximum absolute atomic E-state index is 6.07. The fourth-order valence-corrected chi connectivity index (χ4v) is 1.94. The minimum Gasteiger partial charge on any atom is -0.495 e. The number of benzene rings is 1. The van der Waals surface area contributed by atoms with Crippen molar-refractivity contribution in [1.29, 1.82) is 0 Å². The summed E-state index contributed by atoms with van der Waals surface area (Å²) in [7, 11) is 3.74. The van der Waals surface area contributed by atoms with Crippen LogP contribution in [0.5, 0.6) is 5.75 Å². The van der Waals surface area contributed by atoms with Crippen LogP contribution in [0, 0.1) is 0 Å². The average Bonchev–Trinajstić information content (AvgIpc) is 2.34. The van der Waals surface area contributed by atoms with Crippen LogP contribution in [0.1, 0.15) is 12.0 Å². The van der Waals surface area contributed by atoms with E-state index in [1.165, 1.54) is 5.56 Å². The van der Waals surface area contributed by atoms with Crippen LogP contribution >= 0.6 is 11.6 Å². The van der Waals surface area contributed by atoms with Crippen molar-refractivity contribution in [3.8, 4) is 5.75 Å². The van der Waals surface area contributed by atoms with Crippen LogP contribution in [0.3, 0.4) is 0 Å². The van der Waals surface area contributed by atoms with Crippen LogP contribution in [-0.2, 0) is 6.42 Å². The fraction of sp³-hybridized carbons (Fsp3) is 0.538.